The molecule has 0 radical (unpaired) electrons. The number of benzene rings is 2. The van der Waals surface area contributed by atoms with Crippen molar-refractivity contribution in [2.24, 2.45) is 0 Å². The number of nitrogens with zero attached hydrogens (tertiary/aromatic N) is 1. The third-order valence-electron chi connectivity index (χ3n) is 8.16. The molecule has 0 aromatic heterocycles. The quantitative estimate of drug-likeness (QED) is 0.438. The molecule has 2 aromatic carbocycles. The second-order valence-corrected chi connectivity index (χ2v) is 13.1. The van der Waals surface area contributed by atoms with Gasteiger partial charge < -0.3 is 30.1 Å². The number of aryl methyl sites for hydroxylation is 1. The normalized spacial score (nSPS) is 24.7. The smallest absolute Gasteiger partial charge is 0.407 e. The maximum absolute atomic E-state index is 13.9. The van der Waals surface area contributed by atoms with Crippen LogP contribution in [-0.2, 0) is 31.9 Å². The fourth-order valence-electron chi connectivity index (χ4n) is 5.96. The predicted octanol–water partition coefficient (Wildman–Crippen LogP) is 3.35. The van der Waals surface area contributed by atoms with Crippen molar-refractivity contribution >= 4 is 29.7 Å². The van der Waals surface area contributed by atoms with Gasteiger partial charge in [0, 0.05) is 11.2 Å². The van der Waals surface area contributed by atoms with Crippen LogP contribution in [0.3, 0.4) is 0 Å². The molecule has 0 unspecified atom stereocenters. The summed E-state index contributed by atoms with van der Waals surface area (Å²) in [6.07, 6.45) is 0.936. The highest BCUT2D eigenvalue weighted by Crippen LogP contribution is 2.40. The molecule has 2 saturated heterocycles. The third kappa shape index (κ3) is 6.88. The maximum Gasteiger partial charge on any atom is 0.407 e. The summed E-state index contributed by atoms with van der Waals surface area (Å²) >= 11 is 1.50. The number of thioether (sulfide) groups is 1. The van der Waals surface area contributed by atoms with Gasteiger partial charge in [-0.2, -0.15) is 0 Å². The average Bonchev–Trinajstić information content (AvgIpc) is 3.59. The molecule has 220 valence electrons. The monoisotopic (exact) mass is 581 g/mol. The van der Waals surface area contributed by atoms with Crippen LogP contribution in [0.1, 0.15) is 55.8 Å². The number of rotatable bonds is 8. The van der Waals surface area contributed by atoms with Crippen LogP contribution < -0.4 is 10.6 Å². The molecule has 3 amide bonds. The first kappa shape index (κ1) is 29.4. The number of aliphatic hydroxyl groups is 1. The lowest BCUT2D eigenvalue weighted by molar-refractivity contribution is -0.147. The van der Waals surface area contributed by atoms with Crippen molar-refractivity contribution in [2.45, 2.75) is 81.0 Å². The zero-order valence-corrected chi connectivity index (χ0v) is 24.4. The van der Waals surface area contributed by atoms with Gasteiger partial charge in [-0.1, -0.05) is 54.6 Å². The van der Waals surface area contributed by atoms with E-state index in [0.717, 1.165) is 30.4 Å². The molecule has 2 aromatic rings. The fourth-order valence-corrected chi connectivity index (χ4v) is 7.10. The Bertz CT molecular complexity index is 1240. The summed E-state index contributed by atoms with van der Waals surface area (Å²) < 4.78 is 10.2. The molecular weight excluding hydrogens is 542 g/mol. The summed E-state index contributed by atoms with van der Waals surface area (Å²) in [7, 11) is 0. The van der Waals surface area contributed by atoms with Crippen LogP contribution in [0.2, 0.25) is 0 Å². The molecule has 2 fully saturated rings. The largest absolute Gasteiger partial charge is 0.444 e. The minimum atomic E-state index is -1.58. The lowest BCUT2D eigenvalue weighted by Crippen LogP contribution is -2.59. The lowest BCUT2D eigenvalue weighted by Gasteiger charge is -2.35. The SMILES string of the molecule is CC1(C)SCN(C(=O)[C@@H](O)[C@H](Cc2ccccc2)NC(=O)O[C@H]2CCOC2)[C@@H]1C(=O)N[C@H]1CCCc2ccccc21. The van der Waals surface area contributed by atoms with Crippen LogP contribution in [-0.4, -0.2) is 76.0 Å². The van der Waals surface area contributed by atoms with Crippen LogP contribution >= 0.6 is 11.8 Å². The van der Waals surface area contributed by atoms with E-state index in [4.69, 9.17) is 9.47 Å². The highest BCUT2D eigenvalue weighted by atomic mass is 32.2. The molecular formula is C31H39N3O6S. The van der Waals surface area contributed by atoms with Crippen LogP contribution in [0.5, 0.6) is 0 Å². The molecule has 3 aliphatic rings. The number of fused-ring (bicyclic) bond motifs is 1. The van der Waals surface area contributed by atoms with E-state index in [2.05, 4.69) is 22.8 Å². The topological polar surface area (TPSA) is 117 Å². The Labute approximate surface area is 245 Å². The summed E-state index contributed by atoms with van der Waals surface area (Å²) in [6.45, 7) is 4.72. The molecule has 0 bridgehead atoms. The predicted molar refractivity (Wildman–Crippen MR) is 156 cm³/mol. The zero-order chi connectivity index (χ0) is 29.0. The van der Waals surface area contributed by atoms with Gasteiger partial charge in [0.2, 0.25) is 5.91 Å². The number of hydrogen-bond donors (Lipinski definition) is 3. The lowest BCUT2D eigenvalue weighted by atomic mass is 9.87. The molecule has 10 heteroatoms. The minimum absolute atomic E-state index is 0.127. The van der Waals surface area contributed by atoms with E-state index in [0.29, 0.717) is 19.6 Å². The van der Waals surface area contributed by atoms with E-state index >= 15 is 0 Å². The summed E-state index contributed by atoms with van der Waals surface area (Å²) in [4.78, 5) is 41.9. The summed E-state index contributed by atoms with van der Waals surface area (Å²) in [5.41, 5.74) is 3.19. The molecule has 2 aliphatic heterocycles. The van der Waals surface area contributed by atoms with Gasteiger partial charge in [0.15, 0.2) is 6.10 Å². The molecule has 5 rings (SSSR count). The van der Waals surface area contributed by atoms with Gasteiger partial charge in [-0.05, 0) is 56.2 Å². The highest BCUT2D eigenvalue weighted by Gasteiger charge is 2.50. The molecule has 5 atom stereocenters. The van der Waals surface area contributed by atoms with Gasteiger partial charge in [-0.25, -0.2) is 4.79 Å². The highest BCUT2D eigenvalue weighted by molar-refractivity contribution is 8.00. The number of ether oxygens (including phenoxy) is 2. The Morgan fingerprint density at radius 2 is 1.88 bits per heavy atom. The molecule has 0 spiro atoms. The number of amides is 3. The Kier molecular flexibility index (Phi) is 9.21. The number of carbonyl (C=O) groups is 3. The van der Waals surface area contributed by atoms with Crippen LogP contribution in [0.15, 0.2) is 54.6 Å². The Morgan fingerprint density at radius 3 is 2.63 bits per heavy atom. The second kappa shape index (κ2) is 12.8. The van der Waals surface area contributed by atoms with Gasteiger partial charge in [0.05, 0.1) is 31.2 Å². The van der Waals surface area contributed by atoms with Crippen molar-refractivity contribution in [3.8, 4) is 0 Å². The van der Waals surface area contributed by atoms with E-state index < -0.39 is 34.9 Å². The first-order valence-electron chi connectivity index (χ1n) is 14.3. The first-order valence-corrected chi connectivity index (χ1v) is 15.3. The van der Waals surface area contributed by atoms with Gasteiger partial charge in [0.1, 0.15) is 12.1 Å². The van der Waals surface area contributed by atoms with Crippen molar-refractivity contribution in [1.82, 2.24) is 15.5 Å². The van der Waals surface area contributed by atoms with E-state index in [1.807, 2.05) is 56.3 Å². The molecule has 0 saturated carbocycles. The average molecular weight is 582 g/mol. The van der Waals surface area contributed by atoms with Crippen LogP contribution in [0.4, 0.5) is 4.79 Å². The van der Waals surface area contributed by atoms with Crippen molar-refractivity contribution in [2.75, 3.05) is 19.1 Å². The molecule has 9 nitrogen and oxygen atoms in total. The number of hydrogen-bond acceptors (Lipinski definition) is 7. The minimum Gasteiger partial charge on any atom is -0.444 e. The van der Waals surface area contributed by atoms with Crippen molar-refractivity contribution in [3.63, 3.8) is 0 Å². The third-order valence-corrected chi connectivity index (χ3v) is 9.54. The van der Waals surface area contributed by atoms with Gasteiger partial charge in [-0.15, -0.1) is 11.8 Å². The van der Waals surface area contributed by atoms with Gasteiger partial charge >= 0.3 is 6.09 Å². The Morgan fingerprint density at radius 1 is 1.12 bits per heavy atom. The van der Waals surface area contributed by atoms with E-state index in [1.54, 1.807) is 0 Å². The summed E-state index contributed by atoms with van der Waals surface area (Å²) in [5.74, 6) is -0.586. The Hall–Kier alpha value is -3.08. The second-order valence-electron chi connectivity index (χ2n) is 11.5. The van der Waals surface area contributed by atoms with Crippen LogP contribution in [0.25, 0.3) is 0 Å². The van der Waals surface area contributed by atoms with Gasteiger partial charge in [-0.3, -0.25) is 9.59 Å². The standard InChI is InChI=1S/C31H39N3O6S/c1-31(2)27(28(36)32-24-14-8-12-21-11-6-7-13-23(21)24)34(19-41-31)29(37)26(35)25(17-20-9-4-3-5-10-20)33-30(38)40-22-15-16-39-18-22/h3-7,9-11,13,22,24-27,35H,8,12,14-19H2,1-2H3,(H,32,36)(H,33,38)/t22-,24-,25-,26-,27+/m0/s1. The van der Waals surface area contributed by atoms with E-state index in [1.165, 1.54) is 22.2 Å². The number of aliphatic hydroxyl groups excluding tert-OH is 1. The maximum atomic E-state index is 13.9. The fraction of sp³-hybridized carbons (Fsp3) is 0.516. The van der Waals surface area contributed by atoms with Crippen molar-refractivity contribution in [3.05, 3.63) is 71.3 Å². The van der Waals surface area contributed by atoms with E-state index in [9.17, 15) is 19.5 Å². The Balaban J connectivity index is 1.32. The molecule has 1 aliphatic carbocycles. The van der Waals surface area contributed by atoms with E-state index in [-0.39, 0.29) is 30.4 Å². The summed E-state index contributed by atoms with van der Waals surface area (Å²) in [5, 5.41) is 17.3. The molecule has 2 heterocycles. The first-order chi connectivity index (χ1) is 19.7. The molecule has 3 N–H and O–H groups in total. The number of alkyl carbamates (subject to hydrolysis) is 1. The van der Waals surface area contributed by atoms with Crippen LogP contribution in [0, 0.1) is 0 Å². The van der Waals surface area contributed by atoms with Gasteiger partial charge in [0.25, 0.3) is 5.91 Å². The van der Waals surface area contributed by atoms with Crippen molar-refractivity contribution in [1.29, 1.82) is 0 Å². The zero-order valence-electron chi connectivity index (χ0n) is 23.6. The molecule has 41 heavy (non-hydrogen) atoms. The van der Waals surface area contributed by atoms with Crippen molar-refractivity contribution < 1.29 is 29.0 Å². The number of nitrogens with one attached hydrogen (secondary N) is 2. The number of carbonyl (C=O) groups excluding carboxylic acids is 3. The summed E-state index contributed by atoms with van der Waals surface area (Å²) in [6, 6.07) is 15.6.